The van der Waals surface area contributed by atoms with Crippen molar-refractivity contribution in [2.45, 2.75) is 0 Å². The number of nitrogens with zero attached hydrogens (tertiary/aromatic N) is 1. The Morgan fingerprint density at radius 3 is 1.36 bits per heavy atom. The first-order valence-corrected chi connectivity index (χ1v) is 15.3. The molecule has 0 aliphatic heterocycles. The zero-order chi connectivity index (χ0) is 29.9. The zero-order valence-electron chi connectivity index (χ0n) is 24.4. The monoisotopic (exact) mass is 573 g/mol. The Morgan fingerprint density at radius 2 is 0.756 bits per heavy atom. The van der Waals surface area contributed by atoms with Crippen LogP contribution in [0.2, 0.25) is 0 Å². The lowest BCUT2D eigenvalue weighted by Gasteiger charge is -2.17. The summed E-state index contributed by atoms with van der Waals surface area (Å²) in [7, 11) is 0. The molecule has 0 spiro atoms. The smallest absolute Gasteiger partial charge is 0.263 e. The van der Waals surface area contributed by atoms with Gasteiger partial charge in [0.15, 0.2) is 0 Å². The quantitative estimate of drug-likeness (QED) is 0.193. The number of hydrogen-bond acceptors (Lipinski definition) is 1. The van der Waals surface area contributed by atoms with E-state index < -0.39 is 0 Å². The predicted molar refractivity (Wildman–Crippen MR) is 190 cm³/mol. The number of rotatable bonds is 3. The van der Waals surface area contributed by atoms with E-state index in [-0.39, 0.29) is 5.56 Å². The highest BCUT2D eigenvalue weighted by atomic mass is 16.1. The van der Waals surface area contributed by atoms with Gasteiger partial charge in [0.25, 0.3) is 5.56 Å². The zero-order valence-corrected chi connectivity index (χ0v) is 24.4. The van der Waals surface area contributed by atoms with Crippen LogP contribution in [0.15, 0.2) is 169 Å². The highest BCUT2D eigenvalue weighted by molar-refractivity contribution is 6.25. The number of aromatic nitrogens is 1. The van der Waals surface area contributed by atoms with Crippen molar-refractivity contribution >= 4 is 54.0 Å². The second-order valence-corrected chi connectivity index (χ2v) is 11.7. The van der Waals surface area contributed by atoms with Crippen molar-refractivity contribution < 1.29 is 0 Å². The molecular formula is C43H27NO. The molecule has 8 aromatic carbocycles. The first-order chi connectivity index (χ1) is 22.2. The number of fused-ring (bicyclic) bond motifs is 9. The van der Waals surface area contributed by atoms with Crippen LogP contribution in [-0.2, 0) is 0 Å². The van der Waals surface area contributed by atoms with E-state index in [4.69, 9.17) is 0 Å². The lowest BCUT2D eigenvalue weighted by Crippen LogP contribution is -2.19. The van der Waals surface area contributed by atoms with Gasteiger partial charge >= 0.3 is 0 Å². The minimum absolute atomic E-state index is 0.0232. The molecule has 0 unspecified atom stereocenters. The molecule has 0 aliphatic carbocycles. The maximum Gasteiger partial charge on any atom is 0.263 e. The highest BCUT2D eigenvalue weighted by Gasteiger charge is 2.16. The van der Waals surface area contributed by atoms with Gasteiger partial charge in [0.05, 0.1) is 5.52 Å². The van der Waals surface area contributed by atoms with Crippen LogP contribution in [0.25, 0.3) is 81.9 Å². The molecule has 0 N–H and O–H groups in total. The van der Waals surface area contributed by atoms with Gasteiger partial charge < -0.3 is 0 Å². The summed E-state index contributed by atoms with van der Waals surface area (Å²) in [5.41, 5.74) is 6.05. The molecule has 0 atom stereocenters. The van der Waals surface area contributed by atoms with Crippen LogP contribution in [0, 0.1) is 0 Å². The van der Waals surface area contributed by atoms with Crippen LogP contribution < -0.4 is 5.56 Å². The maximum atomic E-state index is 14.7. The van der Waals surface area contributed by atoms with Gasteiger partial charge in [0.2, 0.25) is 0 Å². The number of benzene rings is 8. The molecule has 9 rings (SSSR count). The van der Waals surface area contributed by atoms with Crippen molar-refractivity contribution in [3.8, 4) is 27.9 Å². The van der Waals surface area contributed by atoms with Crippen LogP contribution in [0.3, 0.4) is 0 Å². The Bertz CT molecular complexity index is 2620. The summed E-state index contributed by atoms with van der Waals surface area (Å²) in [6.45, 7) is 0. The fourth-order valence-corrected chi connectivity index (χ4v) is 7.04. The molecule has 2 nitrogen and oxygen atoms in total. The summed E-state index contributed by atoms with van der Waals surface area (Å²) < 4.78 is 1.92. The van der Waals surface area contributed by atoms with Gasteiger partial charge in [-0.3, -0.25) is 9.36 Å². The van der Waals surface area contributed by atoms with Crippen molar-refractivity contribution in [1.82, 2.24) is 4.57 Å². The van der Waals surface area contributed by atoms with Crippen LogP contribution in [0.4, 0.5) is 0 Å². The Labute approximate surface area is 260 Å². The van der Waals surface area contributed by atoms with Gasteiger partial charge in [-0.2, -0.15) is 0 Å². The van der Waals surface area contributed by atoms with Crippen molar-refractivity contribution in [3.63, 3.8) is 0 Å². The van der Waals surface area contributed by atoms with E-state index in [9.17, 15) is 4.79 Å². The van der Waals surface area contributed by atoms with Gasteiger partial charge in [-0.25, -0.2) is 0 Å². The number of pyridine rings is 1. The van der Waals surface area contributed by atoms with E-state index in [1.165, 1.54) is 26.9 Å². The third-order valence-corrected chi connectivity index (χ3v) is 9.18. The summed E-state index contributed by atoms with van der Waals surface area (Å²) in [4.78, 5) is 14.7. The predicted octanol–water partition coefficient (Wildman–Crippen LogP) is 10.9. The molecule has 9 aromatic rings. The standard InChI is InChI=1S/C43H27NO/c45-43-41-25-30(28-11-3-1-4-12-28)19-22-38(41)39-23-20-31(29-13-5-2-6-14-29)26-42(39)44(43)32-21-24-37-35-17-8-7-15-33(35)34-16-9-10-18-36(34)40(37)27-32/h1-27H. The van der Waals surface area contributed by atoms with E-state index in [1.54, 1.807) is 0 Å². The van der Waals surface area contributed by atoms with Crippen molar-refractivity contribution in [3.05, 3.63) is 174 Å². The lowest BCUT2D eigenvalue weighted by molar-refractivity contribution is 1.06. The van der Waals surface area contributed by atoms with Crippen molar-refractivity contribution in [1.29, 1.82) is 0 Å². The SMILES string of the molecule is O=c1c2cc(-c3ccccc3)ccc2c2ccc(-c3ccccc3)cc2n1-c1ccc2c3ccccc3c3ccccc3c2c1. The van der Waals surface area contributed by atoms with Crippen molar-refractivity contribution in [2.75, 3.05) is 0 Å². The van der Waals surface area contributed by atoms with E-state index >= 15 is 0 Å². The van der Waals surface area contributed by atoms with Gasteiger partial charge in [0, 0.05) is 16.5 Å². The molecule has 0 aliphatic rings. The molecule has 0 fully saturated rings. The summed E-state index contributed by atoms with van der Waals surface area (Å²) in [5.74, 6) is 0. The molecule has 0 radical (unpaired) electrons. The van der Waals surface area contributed by atoms with E-state index in [0.717, 1.165) is 49.6 Å². The molecule has 2 heteroatoms. The second kappa shape index (κ2) is 10.0. The maximum absolute atomic E-state index is 14.7. The molecule has 45 heavy (non-hydrogen) atoms. The van der Waals surface area contributed by atoms with Gasteiger partial charge in [-0.1, -0.05) is 140 Å². The molecule has 0 saturated heterocycles. The average Bonchev–Trinajstić information content (AvgIpc) is 3.12. The third-order valence-electron chi connectivity index (χ3n) is 9.18. The number of hydrogen-bond donors (Lipinski definition) is 0. The van der Waals surface area contributed by atoms with Crippen LogP contribution >= 0.6 is 0 Å². The molecule has 1 heterocycles. The molecule has 0 bridgehead atoms. The molecule has 210 valence electrons. The van der Waals surface area contributed by atoms with E-state index in [0.29, 0.717) is 5.39 Å². The summed E-state index contributed by atoms with van der Waals surface area (Å²) >= 11 is 0. The fraction of sp³-hybridized carbons (Fsp3) is 0. The van der Waals surface area contributed by atoms with Crippen LogP contribution in [0.5, 0.6) is 0 Å². The first-order valence-electron chi connectivity index (χ1n) is 15.3. The highest BCUT2D eigenvalue weighted by Crippen LogP contribution is 2.37. The molecular weight excluding hydrogens is 546 g/mol. The van der Waals surface area contributed by atoms with E-state index in [1.807, 2.05) is 28.8 Å². The second-order valence-electron chi connectivity index (χ2n) is 11.7. The van der Waals surface area contributed by atoms with Crippen molar-refractivity contribution in [2.24, 2.45) is 0 Å². The Balaban J connectivity index is 1.40. The summed E-state index contributed by atoms with van der Waals surface area (Å²) in [5, 5.41) is 9.89. The third kappa shape index (κ3) is 4.00. The Morgan fingerprint density at radius 1 is 0.311 bits per heavy atom. The van der Waals surface area contributed by atoms with Crippen LogP contribution in [-0.4, -0.2) is 4.57 Å². The minimum Gasteiger partial charge on any atom is -0.276 e. The Kier molecular flexibility index (Phi) is 5.69. The minimum atomic E-state index is -0.0232. The summed E-state index contributed by atoms with van der Waals surface area (Å²) in [6, 6.07) is 57.1. The lowest BCUT2D eigenvalue weighted by atomic mass is 9.94. The van der Waals surface area contributed by atoms with E-state index in [2.05, 4.69) is 140 Å². The van der Waals surface area contributed by atoms with Crippen LogP contribution in [0.1, 0.15) is 0 Å². The first kappa shape index (κ1) is 25.5. The molecule has 0 amide bonds. The normalized spacial score (nSPS) is 11.6. The fourth-order valence-electron chi connectivity index (χ4n) is 7.04. The summed E-state index contributed by atoms with van der Waals surface area (Å²) in [6.07, 6.45) is 0. The molecule has 1 aromatic heterocycles. The van der Waals surface area contributed by atoms with Gasteiger partial charge in [0.1, 0.15) is 0 Å². The van der Waals surface area contributed by atoms with Gasteiger partial charge in [-0.15, -0.1) is 0 Å². The molecule has 0 saturated carbocycles. The topological polar surface area (TPSA) is 22.0 Å². The average molecular weight is 574 g/mol. The Hall–Kier alpha value is -5.99. The van der Waals surface area contributed by atoms with Gasteiger partial charge in [-0.05, 0) is 84.2 Å². The largest absolute Gasteiger partial charge is 0.276 e.